The van der Waals surface area contributed by atoms with Crippen molar-refractivity contribution in [2.45, 2.75) is 26.8 Å². The predicted octanol–water partition coefficient (Wildman–Crippen LogP) is 5.06. The second kappa shape index (κ2) is 12.5. The second-order valence-corrected chi connectivity index (χ2v) is 10.3. The highest BCUT2D eigenvalue weighted by Gasteiger charge is 2.46. The van der Waals surface area contributed by atoms with Gasteiger partial charge < -0.3 is 29.1 Å². The highest BCUT2D eigenvalue weighted by atomic mass is 32.1. The number of thiazole rings is 1. The highest BCUT2D eigenvalue weighted by molar-refractivity contribution is 7.17. The van der Waals surface area contributed by atoms with Gasteiger partial charge in [0.15, 0.2) is 17.3 Å². The van der Waals surface area contributed by atoms with Gasteiger partial charge >= 0.3 is 0 Å². The van der Waals surface area contributed by atoms with E-state index in [1.807, 2.05) is 44.2 Å². The molecule has 212 valence electrons. The van der Waals surface area contributed by atoms with Crippen LogP contribution in [0.4, 0.5) is 0 Å². The summed E-state index contributed by atoms with van der Waals surface area (Å²) < 4.78 is 16.7. The van der Waals surface area contributed by atoms with Crippen LogP contribution in [0.3, 0.4) is 0 Å². The molecule has 2 heterocycles. The van der Waals surface area contributed by atoms with Crippen molar-refractivity contribution in [2.24, 2.45) is 0 Å². The molecule has 1 atom stereocenters. The Hall–Kier alpha value is -3.89. The zero-order chi connectivity index (χ0) is 29.0. The molecule has 1 aromatic heterocycles. The lowest BCUT2D eigenvalue weighted by Gasteiger charge is -2.30. The molecular weight excluding hydrogens is 530 g/mol. The number of benzene rings is 2. The van der Waals surface area contributed by atoms with E-state index in [0.717, 1.165) is 18.7 Å². The molecule has 4 rings (SSSR count). The van der Waals surface area contributed by atoms with Crippen LogP contribution in [0.1, 0.15) is 40.8 Å². The molecule has 3 aromatic rings. The summed E-state index contributed by atoms with van der Waals surface area (Å²) in [5.41, 5.74) is 1.91. The maximum Gasteiger partial charge on any atom is 0.290 e. The summed E-state index contributed by atoms with van der Waals surface area (Å²) in [6.45, 7) is 8.32. The number of hydrogen-bond acceptors (Lipinski definition) is 9. The summed E-state index contributed by atoms with van der Waals surface area (Å²) in [7, 11) is 4.54. The van der Waals surface area contributed by atoms with Gasteiger partial charge in [0.05, 0.1) is 43.5 Å². The van der Waals surface area contributed by atoms with Gasteiger partial charge in [-0.3, -0.25) is 9.59 Å². The van der Waals surface area contributed by atoms with E-state index in [9.17, 15) is 14.7 Å². The number of carbonyl (C=O) groups is 2. The smallest absolute Gasteiger partial charge is 0.290 e. The average molecular weight is 566 g/mol. The molecule has 1 unspecified atom stereocenters. The van der Waals surface area contributed by atoms with Crippen molar-refractivity contribution in [2.75, 3.05) is 47.5 Å². The number of amides is 1. The van der Waals surface area contributed by atoms with Crippen molar-refractivity contribution >= 4 is 23.0 Å². The van der Waals surface area contributed by atoms with Crippen LogP contribution >= 0.6 is 11.3 Å². The van der Waals surface area contributed by atoms with E-state index in [4.69, 9.17) is 14.2 Å². The van der Waals surface area contributed by atoms with Crippen LogP contribution in [0, 0.1) is 6.92 Å². The number of ketones is 1. The van der Waals surface area contributed by atoms with Gasteiger partial charge in [0, 0.05) is 30.3 Å². The van der Waals surface area contributed by atoms with Gasteiger partial charge in [-0.1, -0.05) is 44.2 Å². The molecule has 10 heteroatoms. The number of aromatic nitrogens is 1. The number of aliphatic hydroxyl groups excluding tert-OH is 1. The Labute approximate surface area is 238 Å². The Balaban J connectivity index is 1.85. The standard InChI is InChI=1S/C30H35N3O6S/c1-7-32(8-2)14-15-33-25(20-16-22(38-5)23(39-6)17-21(20)37-4)24(27(35)30(33)36)26(34)28-18(3)31-29(40-28)19-12-10-9-11-13-19/h9-13,16-17,25,35H,7-8,14-15H2,1-6H3. The van der Waals surface area contributed by atoms with Crippen LogP contribution < -0.4 is 14.2 Å². The number of methoxy groups -OCH3 is 3. The fourth-order valence-corrected chi connectivity index (χ4v) is 5.95. The molecular formula is C30H35N3O6S. The maximum atomic E-state index is 14.2. The van der Waals surface area contributed by atoms with Crippen molar-refractivity contribution < 1.29 is 28.9 Å². The monoisotopic (exact) mass is 565 g/mol. The van der Waals surface area contributed by atoms with Gasteiger partial charge in [-0.25, -0.2) is 4.98 Å². The highest BCUT2D eigenvalue weighted by Crippen LogP contribution is 2.46. The number of carbonyl (C=O) groups excluding carboxylic acids is 2. The van der Waals surface area contributed by atoms with E-state index in [0.29, 0.717) is 51.5 Å². The fourth-order valence-electron chi connectivity index (χ4n) is 4.93. The summed E-state index contributed by atoms with van der Waals surface area (Å²) in [5.74, 6) is -0.380. The number of aliphatic hydroxyl groups is 1. The first-order valence-electron chi connectivity index (χ1n) is 13.1. The number of likely N-dealkylation sites (N-methyl/N-ethyl adjacent to an activating group) is 1. The fraction of sp³-hybridized carbons (Fsp3) is 0.367. The van der Waals surface area contributed by atoms with Crippen LogP contribution in [0.5, 0.6) is 17.2 Å². The summed E-state index contributed by atoms with van der Waals surface area (Å²) >= 11 is 1.24. The molecule has 9 nitrogen and oxygen atoms in total. The third kappa shape index (κ3) is 5.41. The van der Waals surface area contributed by atoms with Gasteiger partial charge in [0.1, 0.15) is 10.8 Å². The maximum absolute atomic E-state index is 14.2. The van der Waals surface area contributed by atoms with Crippen molar-refractivity contribution in [3.63, 3.8) is 0 Å². The number of hydrogen-bond donors (Lipinski definition) is 1. The van der Waals surface area contributed by atoms with Gasteiger partial charge in [-0.05, 0) is 26.1 Å². The van der Waals surface area contributed by atoms with E-state index in [1.165, 1.54) is 37.6 Å². The van der Waals surface area contributed by atoms with Crippen LogP contribution in [-0.4, -0.2) is 79.1 Å². The largest absolute Gasteiger partial charge is 0.503 e. The summed E-state index contributed by atoms with van der Waals surface area (Å²) in [6.07, 6.45) is 0. The Morgan fingerprint density at radius 1 is 1.02 bits per heavy atom. The lowest BCUT2D eigenvalue weighted by atomic mass is 9.93. The Kier molecular flexibility index (Phi) is 9.11. The Morgan fingerprint density at radius 2 is 1.65 bits per heavy atom. The normalized spacial score (nSPS) is 15.2. The van der Waals surface area contributed by atoms with E-state index in [2.05, 4.69) is 9.88 Å². The predicted molar refractivity (Wildman–Crippen MR) is 155 cm³/mol. The molecule has 0 spiro atoms. The number of ether oxygens (including phenoxy) is 3. The molecule has 1 aliphatic rings. The van der Waals surface area contributed by atoms with E-state index in [-0.39, 0.29) is 5.57 Å². The van der Waals surface area contributed by atoms with E-state index >= 15 is 0 Å². The third-order valence-corrected chi connectivity index (χ3v) is 8.36. The Bertz CT molecular complexity index is 1410. The first-order chi connectivity index (χ1) is 19.3. The van der Waals surface area contributed by atoms with Crippen LogP contribution in [-0.2, 0) is 4.79 Å². The summed E-state index contributed by atoms with van der Waals surface area (Å²) in [4.78, 5) is 36.4. The third-order valence-electron chi connectivity index (χ3n) is 7.15. The molecule has 2 aromatic carbocycles. The number of aryl methyl sites for hydroxylation is 1. The van der Waals surface area contributed by atoms with Crippen LogP contribution in [0.15, 0.2) is 53.8 Å². The molecule has 0 fully saturated rings. The zero-order valence-corrected chi connectivity index (χ0v) is 24.5. The minimum Gasteiger partial charge on any atom is -0.503 e. The SMILES string of the molecule is CCN(CC)CCN1C(=O)C(O)=C(C(=O)c2sc(-c3ccccc3)nc2C)C1c1cc(OC)c(OC)cc1OC. The van der Waals surface area contributed by atoms with Crippen LogP contribution in [0.2, 0.25) is 0 Å². The van der Waals surface area contributed by atoms with Crippen molar-refractivity contribution in [3.05, 3.63) is 69.9 Å². The van der Waals surface area contributed by atoms with Gasteiger partial charge in [-0.2, -0.15) is 0 Å². The molecule has 0 bridgehead atoms. The topological polar surface area (TPSA) is 101 Å². The summed E-state index contributed by atoms with van der Waals surface area (Å²) in [5, 5.41) is 11.9. The van der Waals surface area contributed by atoms with Crippen LogP contribution in [0.25, 0.3) is 10.6 Å². The second-order valence-electron chi connectivity index (χ2n) is 9.27. The minimum atomic E-state index is -0.910. The van der Waals surface area contributed by atoms with Gasteiger partial charge in [-0.15, -0.1) is 11.3 Å². The average Bonchev–Trinajstić information content (AvgIpc) is 3.49. The quantitative estimate of drug-likeness (QED) is 0.304. The minimum absolute atomic E-state index is 0.0126. The molecule has 1 N–H and O–H groups in total. The van der Waals surface area contributed by atoms with Crippen molar-refractivity contribution in [3.8, 4) is 27.8 Å². The molecule has 1 amide bonds. The molecule has 0 saturated carbocycles. The first kappa shape index (κ1) is 29.1. The molecule has 1 aliphatic heterocycles. The zero-order valence-electron chi connectivity index (χ0n) is 23.7. The first-order valence-corrected chi connectivity index (χ1v) is 13.9. The van der Waals surface area contributed by atoms with Crippen molar-refractivity contribution in [1.82, 2.24) is 14.8 Å². The summed E-state index contributed by atoms with van der Waals surface area (Å²) in [6, 6.07) is 12.0. The van der Waals surface area contributed by atoms with E-state index in [1.54, 1.807) is 19.1 Å². The van der Waals surface area contributed by atoms with Gasteiger partial charge in [0.25, 0.3) is 5.91 Å². The number of nitrogens with zero attached hydrogens (tertiary/aromatic N) is 3. The Morgan fingerprint density at radius 3 is 2.25 bits per heavy atom. The number of Topliss-reactive ketones (excluding diaryl/α,β-unsaturated/α-hetero) is 1. The number of rotatable bonds is 12. The molecule has 0 saturated heterocycles. The lowest BCUT2D eigenvalue weighted by molar-refractivity contribution is -0.129. The van der Waals surface area contributed by atoms with E-state index < -0.39 is 23.5 Å². The van der Waals surface area contributed by atoms with Gasteiger partial charge in [0.2, 0.25) is 5.78 Å². The lowest BCUT2D eigenvalue weighted by Crippen LogP contribution is -2.38. The molecule has 40 heavy (non-hydrogen) atoms. The van der Waals surface area contributed by atoms with Crippen molar-refractivity contribution in [1.29, 1.82) is 0 Å². The molecule has 0 radical (unpaired) electrons. The molecule has 0 aliphatic carbocycles.